The van der Waals surface area contributed by atoms with Crippen LogP contribution in [0.4, 0.5) is 5.69 Å². The first-order valence-electron chi connectivity index (χ1n) is 7.44. The average molecular weight is 295 g/mol. The van der Waals surface area contributed by atoms with Crippen molar-refractivity contribution in [2.45, 2.75) is 19.3 Å². The van der Waals surface area contributed by atoms with Crippen molar-refractivity contribution in [1.82, 2.24) is 19.7 Å². The van der Waals surface area contributed by atoms with Gasteiger partial charge < -0.3 is 10.3 Å². The molecule has 1 amide bonds. The largest absolute Gasteiger partial charge is 0.348 e. The van der Waals surface area contributed by atoms with Crippen LogP contribution in [0.3, 0.4) is 0 Å². The summed E-state index contributed by atoms with van der Waals surface area (Å²) >= 11 is 0. The zero-order valence-electron chi connectivity index (χ0n) is 12.3. The molecule has 1 atom stereocenters. The van der Waals surface area contributed by atoms with Crippen LogP contribution in [0.15, 0.2) is 30.7 Å². The fraction of sp³-hybridized carbons (Fsp3) is 0.312. The number of hydrogen-bond donors (Lipinski definition) is 2. The van der Waals surface area contributed by atoms with Crippen molar-refractivity contribution in [3.63, 3.8) is 0 Å². The number of aromatic amines is 1. The molecule has 0 radical (unpaired) electrons. The molecule has 1 unspecified atom stereocenters. The lowest BCUT2D eigenvalue weighted by Gasteiger charge is -2.20. The molecule has 0 saturated heterocycles. The lowest BCUT2D eigenvalue weighted by molar-refractivity contribution is -0.120. The first-order chi connectivity index (χ1) is 10.7. The van der Waals surface area contributed by atoms with E-state index in [-0.39, 0.29) is 11.8 Å². The van der Waals surface area contributed by atoms with Gasteiger partial charge >= 0.3 is 0 Å². The fourth-order valence-corrected chi connectivity index (χ4v) is 3.11. The number of aromatic nitrogens is 4. The number of carbonyl (C=O) groups is 1. The van der Waals surface area contributed by atoms with E-state index in [0.29, 0.717) is 0 Å². The summed E-state index contributed by atoms with van der Waals surface area (Å²) in [7, 11) is 1.91. The summed E-state index contributed by atoms with van der Waals surface area (Å²) in [6, 6.07) is 5.86. The molecule has 0 spiro atoms. The average Bonchev–Trinajstić information content (AvgIpc) is 3.13. The van der Waals surface area contributed by atoms with Crippen LogP contribution in [0, 0.1) is 5.92 Å². The van der Waals surface area contributed by atoms with E-state index in [1.165, 1.54) is 0 Å². The Bertz CT molecular complexity index is 847. The molecule has 3 aromatic rings. The second kappa shape index (κ2) is 4.98. The number of benzene rings is 1. The third kappa shape index (κ3) is 2.16. The monoisotopic (exact) mass is 295 g/mol. The molecule has 2 N–H and O–H groups in total. The predicted octanol–water partition coefficient (Wildman–Crippen LogP) is 2.04. The van der Waals surface area contributed by atoms with Gasteiger partial charge in [-0.1, -0.05) is 0 Å². The number of hydrogen-bond acceptors (Lipinski definition) is 3. The van der Waals surface area contributed by atoms with Crippen molar-refractivity contribution < 1.29 is 4.79 Å². The Kier molecular flexibility index (Phi) is 2.96. The SMILES string of the molecule is Cn1ncc2cc(NC(=O)C3CCc4nc[nH]c4C3)ccc21. The molecule has 1 aliphatic rings. The first kappa shape index (κ1) is 13.1. The third-order valence-electron chi connectivity index (χ3n) is 4.37. The summed E-state index contributed by atoms with van der Waals surface area (Å²) in [6.45, 7) is 0. The van der Waals surface area contributed by atoms with Crippen molar-refractivity contribution in [3.8, 4) is 0 Å². The number of nitrogens with one attached hydrogen (secondary N) is 2. The Hall–Kier alpha value is -2.63. The normalized spacial score (nSPS) is 17.4. The number of rotatable bonds is 2. The number of fused-ring (bicyclic) bond motifs is 2. The van der Waals surface area contributed by atoms with E-state index in [0.717, 1.165) is 47.2 Å². The van der Waals surface area contributed by atoms with Gasteiger partial charge in [-0.25, -0.2) is 4.98 Å². The van der Waals surface area contributed by atoms with Gasteiger partial charge in [-0.05, 0) is 31.0 Å². The molecule has 0 saturated carbocycles. The Morgan fingerprint density at radius 1 is 1.45 bits per heavy atom. The quantitative estimate of drug-likeness (QED) is 0.759. The highest BCUT2D eigenvalue weighted by molar-refractivity contribution is 5.95. The number of carbonyl (C=O) groups excluding carboxylic acids is 1. The fourth-order valence-electron chi connectivity index (χ4n) is 3.11. The number of aryl methyl sites for hydroxylation is 2. The maximum Gasteiger partial charge on any atom is 0.227 e. The maximum absolute atomic E-state index is 12.5. The Morgan fingerprint density at radius 2 is 2.36 bits per heavy atom. The van der Waals surface area contributed by atoms with E-state index >= 15 is 0 Å². The third-order valence-corrected chi connectivity index (χ3v) is 4.37. The lowest BCUT2D eigenvalue weighted by Crippen LogP contribution is -2.28. The van der Waals surface area contributed by atoms with E-state index in [2.05, 4.69) is 20.4 Å². The highest BCUT2D eigenvalue weighted by Crippen LogP contribution is 2.25. The zero-order valence-corrected chi connectivity index (χ0v) is 12.3. The molecule has 0 bridgehead atoms. The molecule has 6 nitrogen and oxygen atoms in total. The number of amides is 1. The molecule has 0 aliphatic heterocycles. The molecule has 0 fully saturated rings. The molecule has 22 heavy (non-hydrogen) atoms. The van der Waals surface area contributed by atoms with Crippen molar-refractivity contribution in [1.29, 1.82) is 0 Å². The second-order valence-electron chi connectivity index (χ2n) is 5.80. The number of H-pyrrole nitrogens is 1. The smallest absolute Gasteiger partial charge is 0.227 e. The van der Waals surface area contributed by atoms with Crippen LogP contribution >= 0.6 is 0 Å². The standard InChI is InChI=1S/C16H17N5O/c1-21-15-5-3-12(6-11(15)8-19-21)20-16(22)10-2-4-13-14(7-10)18-9-17-13/h3,5-6,8-10H,2,4,7H2,1H3,(H,17,18)(H,20,22). The van der Waals surface area contributed by atoms with Crippen LogP contribution in [0.2, 0.25) is 0 Å². The molecule has 6 heteroatoms. The van der Waals surface area contributed by atoms with E-state index in [1.54, 1.807) is 6.33 Å². The highest BCUT2D eigenvalue weighted by atomic mass is 16.1. The minimum Gasteiger partial charge on any atom is -0.348 e. The Morgan fingerprint density at radius 3 is 3.27 bits per heavy atom. The minimum absolute atomic E-state index is 0.00227. The van der Waals surface area contributed by atoms with E-state index < -0.39 is 0 Å². The molecule has 1 aliphatic carbocycles. The minimum atomic E-state index is -0.00227. The van der Waals surface area contributed by atoms with Gasteiger partial charge in [0.2, 0.25) is 5.91 Å². The predicted molar refractivity (Wildman–Crippen MR) is 83.4 cm³/mol. The Balaban J connectivity index is 1.51. The zero-order chi connectivity index (χ0) is 15.1. The summed E-state index contributed by atoms with van der Waals surface area (Å²) in [5.74, 6) is 0.0704. The van der Waals surface area contributed by atoms with Crippen molar-refractivity contribution in [2.24, 2.45) is 13.0 Å². The van der Waals surface area contributed by atoms with E-state index in [1.807, 2.05) is 36.1 Å². The highest BCUT2D eigenvalue weighted by Gasteiger charge is 2.26. The van der Waals surface area contributed by atoms with Gasteiger partial charge in [0.05, 0.1) is 23.7 Å². The van der Waals surface area contributed by atoms with Gasteiger partial charge in [-0.15, -0.1) is 0 Å². The number of nitrogens with zero attached hydrogens (tertiary/aromatic N) is 3. The summed E-state index contributed by atoms with van der Waals surface area (Å²) in [5, 5.41) is 8.27. The van der Waals surface area contributed by atoms with E-state index in [4.69, 9.17) is 0 Å². The van der Waals surface area contributed by atoms with Gasteiger partial charge in [0.1, 0.15) is 0 Å². The van der Waals surface area contributed by atoms with Gasteiger partial charge in [-0.3, -0.25) is 9.48 Å². The molecule has 2 heterocycles. The molecular formula is C16H17N5O. The molecule has 2 aromatic heterocycles. The summed E-state index contributed by atoms with van der Waals surface area (Å²) in [6.07, 6.45) is 5.96. The second-order valence-corrected chi connectivity index (χ2v) is 5.80. The summed E-state index contributed by atoms with van der Waals surface area (Å²) < 4.78 is 1.82. The van der Waals surface area contributed by atoms with Crippen LogP contribution in [-0.2, 0) is 24.7 Å². The van der Waals surface area contributed by atoms with Crippen molar-refractivity contribution in [3.05, 3.63) is 42.1 Å². The number of imidazole rings is 1. The van der Waals surface area contributed by atoms with Gasteiger partial charge in [0.25, 0.3) is 0 Å². The van der Waals surface area contributed by atoms with Gasteiger partial charge in [0, 0.05) is 36.2 Å². The molecule has 4 rings (SSSR count). The van der Waals surface area contributed by atoms with Gasteiger partial charge in [0.15, 0.2) is 0 Å². The maximum atomic E-state index is 12.5. The molecule has 1 aromatic carbocycles. The topological polar surface area (TPSA) is 75.6 Å². The summed E-state index contributed by atoms with van der Waals surface area (Å²) in [5.41, 5.74) is 4.06. The first-order valence-corrected chi connectivity index (χ1v) is 7.44. The summed E-state index contributed by atoms with van der Waals surface area (Å²) in [4.78, 5) is 19.9. The van der Waals surface area contributed by atoms with Crippen LogP contribution in [0.5, 0.6) is 0 Å². The molecular weight excluding hydrogens is 278 g/mol. The van der Waals surface area contributed by atoms with Crippen LogP contribution in [0.25, 0.3) is 10.9 Å². The van der Waals surface area contributed by atoms with Gasteiger partial charge in [-0.2, -0.15) is 5.10 Å². The van der Waals surface area contributed by atoms with Crippen LogP contribution < -0.4 is 5.32 Å². The lowest BCUT2D eigenvalue weighted by atomic mass is 9.89. The molecule has 112 valence electrons. The van der Waals surface area contributed by atoms with Crippen LogP contribution in [-0.4, -0.2) is 25.7 Å². The Labute approximate surface area is 127 Å². The van der Waals surface area contributed by atoms with E-state index in [9.17, 15) is 4.79 Å². The number of anilines is 1. The van der Waals surface area contributed by atoms with Crippen LogP contribution in [0.1, 0.15) is 17.8 Å². The van der Waals surface area contributed by atoms with Crippen molar-refractivity contribution >= 4 is 22.5 Å². The van der Waals surface area contributed by atoms with Crippen molar-refractivity contribution in [2.75, 3.05) is 5.32 Å².